The quantitative estimate of drug-likeness (QED) is 0.551. The summed E-state index contributed by atoms with van der Waals surface area (Å²) in [6, 6.07) is -0.998. The molecule has 1 aliphatic carbocycles. The van der Waals surface area contributed by atoms with Crippen LogP contribution in [0.2, 0.25) is 0 Å². The van der Waals surface area contributed by atoms with E-state index in [-0.39, 0.29) is 18.7 Å². The van der Waals surface area contributed by atoms with Gasteiger partial charge in [0.1, 0.15) is 17.4 Å². The van der Waals surface area contributed by atoms with Crippen LogP contribution in [0.5, 0.6) is 0 Å². The van der Waals surface area contributed by atoms with Gasteiger partial charge in [0.25, 0.3) is 0 Å². The van der Waals surface area contributed by atoms with Crippen LogP contribution >= 0.6 is 0 Å². The lowest BCUT2D eigenvalue weighted by molar-refractivity contribution is -0.158. The number of hydrogen-bond acceptors (Lipinski definition) is 7. The number of likely N-dealkylation sites (tertiary alicyclic amines) is 1. The first kappa shape index (κ1) is 20.2. The molecule has 3 unspecified atom stereocenters. The molecule has 26 heavy (non-hydrogen) atoms. The van der Waals surface area contributed by atoms with Crippen LogP contribution in [0.4, 0.5) is 4.79 Å². The summed E-state index contributed by atoms with van der Waals surface area (Å²) in [5.41, 5.74) is -2.02. The summed E-state index contributed by atoms with van der Waals surface area (Å²) in [4.78, 5) is 51.2. The van der Waals surface area contributed by atoms with Gasteiger partial charge in [-0.05, 0) is 40.0 Å². The van der Waals surface area contributed by atoms with Gasteiger partial charge in [0.15, 0.2) is 0 Å². The van der Waals surface area contributed by atoms with Crippen molar-refractivity contribution in [2.45, 2.75) is 58.1 Å². The van der Waals surface area contributed by atoms with Gasteiger partial charge in [0, 0.05) is 18.9 Å². The van der Waals surface area contributed by atoms with Crippen LogP contribution in [0.25, 0.3) is 0 Å². The van der Waals surface area contributed by atoms with E-state index in [0.29, 0.717) is 19.3 Å². The van der Waals surface area contributed by atoms with Crippen molar-refractivity contribution in [2.75, 3.05) is 20.8 Å². The number of carbonyl (C=O) groups excluding carboxylic acids is 4. The zero-order valence-corrected chi connectivity index (χ0v) is 16.0. The molecule has 0 spiro atoms. The number of rotatable bonds is 3. The molecule has 146 valence electrons. The summed E-state index contributed by atoms with van der Waals surface area (Å²) in [6.07, 6.45) is 0.867. The second-order valence-electron chi connectivity index (χ2n) is 7.91. The molecule has 0 aromatic rings. The monoisotopic (exact) mass is 369 g/mol. The highest BCUT2D eigenvalue weighted by molar-refractivity contribution is 5.93. The zero-order valence-electron chi connectivity index (χ0n) is 16.0. The van der Waals surface area contributed by atoms with Gasteiger partial charge in [-0.15, -0.1) is 0 Å². The van der Waals surface area contributed by atoms with Gasteiger partial charge >= 0.3 is 18.0 Å². The molecule has 3 atom stereocenters. The summed E-state index contributed by atoms with van der Waals surface area (Å²) in [7, 11) is 2.46. The smallest absolute Gasteiger partial charge is 0.411 e. The molecule has 0 aromatic carbocycles. The van der Waals surface area contributed by atoms with Gasteiger partial charge < -0.3 is 14.2 Å². The number of carbonyl (C=O) groups is 4. The summed E-state index contributed by atoms with van der Waals surface area (Å²) in [5.74, 6) is -1.84. The predicted molar refractivity (Wildman–Crippen MR) is 90.2 cm³/mol. The van der Waals surface area contributed by atoms with Crippen LogP contribution in [0, 0.1) is 11.3 Å². The number of hydrogen-bond donors (Lipinski definition) is 0. The number of nitrogens with zero attached hydrogens (tertiary/aromatic N) is 1. The average molecular weight is 369 g/mol. The van der Waals surface area contributed by atoms with E-state index in [4.69, 9.17) is 14.2 Å². The molecule has 1 saturated heterocycles. The number of methoxy groups -OCH3 is 2. The Bertz CT molecular complexity index is 609. The third kappa shape index (κ3) is 3.68. The molecule has 1 aliphatic heterocycles. The molecule has 1 saturated carbocycles. The lowest BCUT2D eigenvalue weighted by Crippen LogP contribution is -2.46. The topological polar surface area (TPSA) is 99.2 Å². The van der Waals surface area contributed by atoms with Gasteiger partial charge in [0.2, 0.25) is 0 Å². The normalized spacial score (nSPS) is 28.8. The Labute approximate surface area is 153 Å². The molecule has 2 rings (SSSR count). The predicted octanol–water partition coefficient (Wildman–Crippen LogP) is 1.70. The summed E-state index contributed by atoms with van der Waals surface area (Å²) < 4.78 is 15.2. The Balaban J connectivity index is 2.42. The molecule has 8 heteroatoms. The average Bonchev–Trinajstić information content (AvgIpc) is 3.16. The SMILES string of the molecule is COC(=O)C1CC(C(=O)OC)(C2CCCC2=O)CN1C(=O)OC(C)(C)C. The molecule has 0 N–H and O–H groups in total. The number of esters is 2. The fourth-order valence-electron chi connectivity index (χ4n) is 3.94. The Hall–Kier alpha value is -2.12. The second-order valence-corrected chi connectivity index (χ2v) is 7.91. The van der Waals surface area contributed by atoms with Gasteiger partial charge in [0.05, 0.1) is 19.6 Å². The second kappa shape index (κ2) is 7.25. The first-order valence-electron chi connectivity index (χ1n) is 8.74. The van der Waals surface area contributed by atoms with E-state index >= 15 is 0 Å². The maximum Gasteiger partial charge on any atom is 0.411 e. The Morgan fingerprint density at radius 1 is 1.15 bits per heavy atom. The maximum atomic E-state index is 12.7. The Kier molecular flexibility index (Phi) is 5.63. The molecule has 8 nitrogen and oxygen atoms in total. The molecular formula is C18H27NO7. The fourth-order valence-corrected chi connectivity index (χ4v) is 3.94. The van der Waals surface area contributed by atoms with Gasteiger partial charge in [-0.2, -0.15) is 0 Å². The third-order valence-electron chi connectivity index (χ3n) is 5.05. The first-order valence-corrected chi connectivity index (χ1v) is 8.74. The van der Waals surface area contributed by atoms with Gasteiger partial charge in [-0.25, -0.2) is 9.59 Å². The minimum atomic E-state index is -1.25. The van der Waals surface area contributed by atoms with E-state index < -0.39 is 41.0 Å². The third-order valence-corrected chi connectivity index (χ3v) is 5.05. The van der Waals surface area contributed by atoms with Crippen LogP contribution in [0.3, 0.4) is 0 Å². The van der Waals surface area contributed by atoms with Crippen LogP contribution < -0.4 is 0 Å². The Morgan fingerprint density at radius 3 is 2.27 bits per heavy atom. The van der Waals surface area contributed by atoms with Crippen molar-refractivity contribution in [1.82, 2.24) is 4.90 Å². The lowest BCUT2D eigenvalue weighted by atomic mass is 9.72. The van der Waals surface area contributed by atoms with Crippen molar-refractivity contribution in [3.63, 3.8) is 0 Å². The molecule has 1 amide bonds. The summed E-state index contributed by atoms with van der Waals surface area (Å²) in [6.45, 7) is 5.03. The van der Waals surface area contributed by atoms with E-state index in [1.54, 1.807) is 20.8 Å². The van der Waals surface area contributed by atoms with Crippen molar-refractivity contribution >= 4 is 23.8 Å². The molecule has 2 fully saturated rings. The largest absolute Gasteiger partial charge is 0.469 e. The summed E-state index contributed by atoms with van der Waals surface area (Å²) >= 11 is 0. The van der Waals surface area contributed by atoms with Gasteiger partial charge in [-0.3, -0.25) is 14.5 Å². The number of ketones is 1. The minimum absolute atomic E-state index is 0.0119. The number of ether oxygens (including phenoxy) is 3. The lowest BCUT2D eigenvalue weighted by Gasteiger charge is -2.31. The highest BCUT2D eigenvalue weighted by atomic mass is 16.6. The van der Waals surface area contributed by atoms with Crippen molar-refractivity contribution in [3.8, 4) is 0 Å². The van der Waals surface area contributed by atoms with E-state index in [1.807, 2.05) is 0 Å². The molecule has 0 bridgehead atoms. The molecule has 1 heterocycles. The first-order chi connectivity index (χ1) is 12.1. The maximum absolute atomic E-state index is 12.7. The summed E-state index contributed by atoms with van der Waals surface area (Å²) in [5, 5.41) is 0. The van der Waals surface area contributed by atoms with E-state index in [1.165, 1.54) is 19.1 Å². The van der Waals surface area contributed by atoms with E-state index in [2.05, 4.69) is 0 Å². The molecular weight excluding hydrogens is 342 g/mol. The zero-order chi connectivity index (χ0) is 19.7. The van der Waals surface area contributed by atoms with E-state index in [0.717, 1.165) is 0 Å². The van der Waals surface area contributed by atoms with Crippen LogP contribution in [0.1, 0.15) is 46.5 Å². The number of Topliss-reactive ketones (excluding diaryl/α,β-unsaturated/α-hetero) is 1. The molecule has 0 aromatic heterocycles. The van der Waals surface area contributed by atoms with Crippen LogP contribution in [-0.2, 0) is 28.6 Å². The highest BCUT2D eigenvalue weighted by Crippen LogP contribution is 2.48. The number of amides is 1. The Morgan fingerprint density at radius 2 is 1.81 bits per heavy atom. The highest BCUT2D eigenvalue weighted by Gasteiger charge is 2.61. The van der Waals surface area contributed by atoms with Crippen molar-refractivity contribution in [3.05, 3.63) is 0 Å². The van der Waals surface area contributed by atoms with Crippen molar-refractivity contribution in [2.24, 2.45) is 11.3 Å². The van der Waals surface area contributed by atoms with Crippen molar-refractivity contribution < 1.29 is 33.4 Å². The van der Waals surface area contributed by atoms with E-state index in [9.17, 15) is 19.2 Å². The molecule has 2 aliphatic rings. The van der Waals surface area contributed by atoms with Crippen molar-refractivity contribution in [1.29, 1.82) is 0 Å². The van der Waals surface area contributed by atoms with Crippen LogP contribution in [-0.4, -0.2) is 61.1 Å². The van der Waals surface area contributed by atoms with Gasteiger partial charge in [-0.1, -0.05) is 0 Å². The molecule has 0 radical (unpaired) electrons. The van der Waals surface area contributed by atoms with Crippen LogP contribution in [0.15, 0.2) is 0 Å². The minimum Gasteiger partial charge on any atom is -0.469 e. The fraction of sp³-hybridized carbons (Fsp3) is 0.778. The standard InChI is InChI=1S/C18H27NO7/c1-17(2,3)26-16(23)19-10-18(15(22)25-5,9-12(19)14(21)24-4)11-7-6-8-13(11)20/h11-12H,6-10H2,1-5H3.